The minimum atomic E-state index is 0.818. The Hall–Kier alpha value is -5.81. The van der Waals surface area contributed by atoms with E-state index in [1.165, 1.54) is 61.1 Å². The van der Waals surface area contributed by atoms with Gasteiger partial charge in [-0.05, 0) is 89.3 Å². The van der Waals surface area contributed by atoms with E-state index in [-0.39, 0.29) is 0 Å². The molecule has 0 saturated heterocycles. The standard InChI is InChI=1S/C41H31N5/c1-43-25-45(38-17-8-7-16-37(38)43)29-11-9-12-30(23-29)46-39-21-27(41-42-35-14-5-6-15-36(35)44(41)2)18-19-32(39)34-24-33-28(22-40(34)46)20-26-10-3-4-13-31(26)33/h3-19,21-24H,20,25H2,1-2H3. The summed E-state index contributed by atoms with van der Waals surface area (Å²) in [7, 11) is 4.28. The second kappa shape index (κ2) is 9.35. The molecule has 3 heterocycles. The zero-order valence-corrected chi connectivity index (χ0v) is 25.8. The van der Waals surface area contributed by atoms with Crippen LogP contribution in [0.25, 0.3) is 61.0 Å². The number of fused-ring (bicyclic) bond motifs is 8. The monoisotopic (exact) mass is 593 g/mol. The lowest BCUT2D eigenvalue weighted by molar-refractivity contribution is 0.948. The highest BCUT2D eigenvalue weighted by atomic mass is 15.4. The molecule has 0 saturated carbocycles. The summed E-state index contributed by atoms with van der Waals surface area (Å²) in [4.78, 5) is 9.78. The number of nitrogens with zero attached hydrogens (tertiary/aromatic N) is 5. The van der Waals surface area contributed by atoms with E-state index in [1.54, 1.807) is 0 Å². The smallest absolute Gasteiger partial charge is 0.140 e. The summed E-state index contributed by atoms with van der Waals surface area (Å²) in [6.45, 7) is 0.818. The number of rotatable bonds is 3. The van der Waals surface area contributed by atoms with Crippen molar-refractivity contribution in [3.63, 3.8) is 0 Å². The Morgan fingerprint density at radius 2 is 1.35 bits per heavy atom. The molecule has 2 aromatic heterocycles. The van der Waals surface area contributed by atoms with E-state index in [4.69, 9.17) is 4.98 Å². The molecule has 0 bridgehead atoms. The molecule has 0 fully saturated rings. The van der Waals surface area contributed by atoms with E-state index in [9.17, 15) is 0 Å². The van der Waals surface area contributed by atoms with Gasteiger partial charge in [0, 0.05) is 41.8 Å². The summed E-state index contributed by atoms with van der Waals surface area (Å²) in [5.74, 6) is 0.974. The van der Waals surface area contributed by atoms with Crippen LogP contribution in [-0.2, 0) is 13.5 Å². The maximum Gasteiger partial charge on any atom is 0.140 e. The number of para-hydroxylation sites is 4. The third-order valence-corrected chi connectivity index (χ3v) is 10.1. The Labute approximate surface area is 267 Å². The van der Waals surface area contributed by atoms with Crippen molar-refractivity contribution in [2.24, 2.45) is 7.05 Å². The lowest BCUT2D eigenvalue weighted by Gasteiger charge is -2.21. The predicted molar refractivity (Wildman–Crippen MR) is 191 cm³/mol. The van der Waals surface area contributed by atoms with E-state index in [0.717, 1.165) is 41.2 Å². The fourth-order valence-electron chi connectivity index (χ4n) is 7.87. The Balaban J connectivity index is 1.22. The van der Waals surface area contributed by atoms with Crippen LogP contribution in [0.5, 0.6) is 0 Å². The number of benzene rings is 6. The van der Waals surface area contributed by atoms with Crippen molar-refractivity contribution in [2.75, 3.05) is 23.5 Å². The van der Waals surface area contributed by atoms with Crippen molar-refractivity contribution in [2.45, 2.75) is 6.42 Å². The van der Waals surface area contributed by atoms with E-state index in [1.807, 2.05) is 0 Å². The van der Waals surface area contributed by atoms with Crippen molar-refractivity contribution in [1.29, 1.82) is 0 Å². The summed E-state index contributed by atoms with van der Waals surface area (Å²) < 4.78 is 4.67. The second-order valence-electron chi connectivity index (χ2n) is 12.7. The third kappa shape index (κ3) is 3.54. The van der Waals surface area contributed by atoms with E-state index in [0.29, 0.717) is 0 Å². The number of aryl methyl sites for hydroxylation is 1. The summed E-state index contributed by atoms with van der Waals surface area (Å²) in [6.07, 6.45) is 0.963. The maximum absolute atomic E-state index is 5.06. The van der Waals surface area contributed by atoms with Crippen molar-refractivity contribution in [3.8, 4) is 28.2 Å². The van der Waals surface area contributed by atoms with Crippen LogP contribution in [-0.4, -0.2) is 27.8 Å². The van der Waals surface area contributed by atoms with Crippen LogP contribution < -0.4 is 9.80 Å². The van der Waals surface area contributed by atoms with Gasteiger partial charge in [-0.1, -0.05) is 66.7 Å². The normalized spacial score (nSPS) is 13.6. The quantitative estimate of drug-likeness (QED) is 0.204. The van der Waals surface area contributed by atoms with Gasteiger partial charge >= 0.3 is 0 Å². The zero-order chi connectivity index (χ0) is 30.5. The maximum atomic E-state index is 5.06. The largest absolute Gasteiger partial charge is 0.355 e. The van der Waals surface area contributed by atoms with Crippen molar-refractivity contribution in [1.82, 2.24) is 14.1 Å². The Kier molecular flexibility index (Phi) is 5.18. The molecule has 5 heteroatoms. The first-order valence-electron chi connectivity index (χ1n) is 15.9. The van der Waals surface area contributed by atoms with Gasteiger partial charge in [0.15, 0.2) is 0 Å². The molecule has 10 rings (SSSR count). The molecule has 46 heavy (non-hydrogen) atoms. The van der Waals surface area contributed by atoms with Gasteiger partial charge < -0.3 is 18.9 Å². The summed E-state index contributed by atoms with van der Waals surface area (Å²) in [5, 5.41) is 2.53. The van der Waals surface area contributed by atoms with Crippen LogP contribution in [0.1, 0.15) is 11.1 Å². The molecule has 5 nitrogen and oxygen atoms in total. The van der Waals surface area contributed by atoms with Crippen molar-refractivity contribution in [3.05, 3.63) is 139 Å². The molecule has 6 aromatic carbocycles. The van der Waals surface area contributed by atoms with Crippen LogP contribution in [0.2, 0.25) is 0 Å². The minimum absolute atomic E-state index is 0.818. The number of hydrogen-bond acceptors (Lipinski definition) is 3. The van der Waals surface area contributed by atoms with Gasteiger partial charge in [-0.2, -0.15) is 0 Å². The molecular formula is C41H31N5. The highest BCUT2D eigenvalue weighted by Gasteiger charge is 2.26. The first-order chi connectivity index (χ1) is 22.6. The van der Waals surface area contributed by atoms with Crippen LogP contribution in [0, 0.1) is 0 Å². The Morgan fingerprint density at radius 3 is 2.26 bits per heavy atom. The molecule has 8 aromatic rings. The number of imidazole rings is 1. The van der Waals surface area contributed by atoms with Gasteiger partial charge in [0.1, 0.15) is 5.82 Å². The molecule has 1 aliphatic heterocycles. The Morgan fingerprint density at radius 1 is 0.565 bits per heavy atom. The molecule has 0 spiro atoms. The summed E-state index contributed by atoms with van der Waals surface area (Å²) in [5.41, 5.74) is 16.0. The average Bonchev–Trinajstić information content (AvgIpc) is 3.83. The molecule has 0 unspecified atom stereocenters. The highest BCUT2D eigenvalue weighted by Crippen LogP contribution is 2.44. The van der Waals surface area contributed by atoms with Gasteiger partial charge in [0.25, 0.3) is 0 Å². The highest BCUT2D eigenvalue weighted by molar-refractivity contribution is 6.12. The fraction of sp³-hybridized carbons (Fsp3) is 0.0976. The summed E-state index contributed by atoms with van der Waals surface area (Å²) in [6, 6.07) is 46.6. The molecule has 0 atom stereocenters. The number of anilines is 3. The predicted octanol–water partition coefficient (Wildman–Crippen LogP) is 9.45. The molecule has 220 valence electrons. The van der Waals surface area contributed by atoms with Crippen molar-refractivity contribution < 1.29 is 0 Å². The lowest BCUT2D eigenvalue weighted by Crippen LogP contribution is -2.24. The summed E-state index contributed by atoms with van der Waals surface area (Å²) >= 11 is 0. The van der Waals surface area contributed by atoms with Gasteiger partial charge in [-0.15, -0.1) is 0 Å². The Bertz CT molecular complexity index is 2530. The van der Waals surface area contributed by atoms with Crippen LogP contribution in [0.4, 0.5) is 17.1 Å². The van der Waals surface area contributed by atoms with Crippen molar-refractivity contribution >= 4 is 49.9 Å². The minimum Gasteiger partial charge on any atom is -0.355 e. The third-order valence-electron chi connectivity index (χ3n) is 10.1. The zero-order valence-electron chi connectivity index (χ0n) is 25.8. The SMILES string of the molecule is CN1CN(c2cccc(-n3c4cc(-c5nc6ccccc6n5C)ccc4c4cc5c(cc43)Cc3ccccc3-5)c2)c2ccccc21. The molecule has 0 N–H and O–H groups in total. The average molecular weight is 594 g/mol. The van der Waals surface area contributed by atoms with E-state index in [2.05, 4.69) is 160 Å². The molecule has 0 radical (unpaired) electrons. The lowest BCUT2D eigenvalue weighted by atomic mass is 10.0. The van der Waals surface area contributed by atoms with Crippen LogP contribution >= 0.6 is 0 Å². The van der Waals surface area contributed by atoms with Gasteiger partial charge in [0.05, 0.1) is 40.1 Å². The molecule has 2 aliphatic rings. The van der Waals surface area contributed by atoms with E-state index >= 15 is 0 Å². The molecule has 1 aliphatic carbocycles. The fourth-order valence-corrected chi connectivity index (χ4v) is 7.87. The molecule has 0 amide bonds. The first-order valence-corrected chi connectivity index (χ1v) is 15.9. The molecular weight excluding hydrogens is 562 g/mol. The number of aromatic nitrogens is 3. The first kappa shape index (κ1) is 25.5. The van der Waals surface area contributed by atoms with Gasteiger partial charge in [-0.25, -0.2) is 4.98 Å². The van der Waals surface area contributed by atoms with E-state index < -0.39 is 0 Å². The second-order valence-corrected chi connectivity index (χ2v) is 12.7. The van der Waals surface area contributed by atoms with Gasteiger partial charge in [0.2, 0.25) is 0 Å². The number of hydrogen-bond donors (Lipinski definition) is 0. The van der Waals surface area contributed by atoms with Gasteiger partial charge in [-0.3, -0.25) is 0 Å². The van der Waals surface area contributed by atoms with Crippen LogP contribution in [0.15, 0.2) is 127 Å². The topological polar surface area (TPSA) is 29.2 Å². The van der Waals surface area contributed by atoms with Crippen LogP contribution in [0.3, 0.4) is 0 Å².